The van der Waals surface area contributed by atoms with Crippen molar-refractivity contribution in [3.8, 4) is 0 Å². The first kappa shape index (κ1) is 4.46. The van der Waals surface area contributed by atoms with Crippen LogP contribution in [0, 0.1) is 0 Å². The molecule has 0 amide bonds. The molecule has 0 bridgehead atoms. The number of hydrogen-bond donors (Lipinski definition) is 1. The third-order valence-electron chi connectivity index (χ3n) is 0.591. The molecule has 1 rings (SSSR count). The molecular formula is C3H4ClN3. The maximum Gasteiger partial charge on any atom is 0.0511 e. The number of nitrogens with zero attached hydrogens (tertiary/aromatic N) is 2. The number of hydrogen-bond acceptors (Lipinski definition) is 2. The van der Waals surface area contributed by atoms with Gasteiger partial charge in [0.1, 0.15) is 0 Å². The summed E-state index contributed by atoms with van der Waals surface area (Å²) < 4.78 is 0. The monoisotopic (exact) mass is 117 g/mol. The number of rotatable bonds is 1. The minimum absolute atomic E-state index is 1.39. The molecule has 1 aromatic heterocycles. The second-order valence-corrected chi connectivity index (χ2v) is 1.20. The standard InChI is InChI=1S/C3H4ClN3/c4-6-7-3-1-2-5-7/h1-3,6H. The molecule has 0 aliphatic rings. The van der Waals surface area contributed by atoms with Crippen LogP contribution in [0.4, 0.5) is 0 Å². The summed E-state index contributed by atoms with van der Waals surface area (Å²) in [4.78, 5) is 3.68. The lowest BCUT2D eigenvalue weighted by atomic mass is 10.8. The first-order chi connectivity index (χ1) is 3.43. The lowest BCUT2D eigenvalue weighted by Gasteiger charge is -1.89. The molecule has 38 valence electrons. The van der Waals surface area contributed by atoms with Crippen LogP contribution in [0.15, 0.2) is 18.5 Å². The molecule has 4 heteroatoms. The van der Waals surface area contributed by atoms with Gasteiger partial charge in [-0.15, -0.1) is 0 Å². The summed E-state index contributed by atoms with van der Waals surface area (Å²) in [7, 11) is 0. The van der Waals surface area contributed by atoms with E-state index in [4.69, 9.17) is 11.8 Å². The van der Waals surface area contributed by atoms with Crippen LogP contribution in [0.25, 0.3) is 0 Å². The highest BCUT2D eigenvalue weighted by atomic mass is 35.5. The SMILES string of the molecule is ClNn1cccn1. The Bertz CT molecular complexity index is 125. The van der Waals surface area contributed by atoms with E-state index in [1.165, 1.54) is 4.79 Å². The Kier molecular flexibility index (Phi) is 1.17. The molecule has 1 aromatic rings. The van der Waals surface area contributed by atoms with Gasteiger partial charge in [-0.05, 0) is 6.07 Å². The lowest BCUT2D eigenvalue weighted by Crippen LogP contribution is -2.01. The highest BCUT2D eigenvalue weighted by molar-refractivity contribution is 6.20. The number of aromatic nitrogens is 2. The van der Waals surface area contributed by atoms with Crippen molar-refractivity contribution in [2.45, 2.75) is 0 Å². The van der Waals surface area contributed by atoms with Gasteiger partial charge in [-0.25, -0.2) is 4.94 Å². The van der Waals surface area contributed by atoms with Crippen LogP contribution < -0.4 is 4.94 Å². The summed E-state index contributed by atoms with van der Waals surface area (Å²) in [5.41, 5.74) is 0. The van der Waals surface area contributed by atoms with Crippen molar-refractivity contribution in [2.24, 2.45) is 0 Å². The van der Waals surface area contributed by atoms with E-state index in [9.17, 15) is 0 Å². The van der Waals surface area contributed by atoms with Crippen molar-refractivity contribution in [3.63, 3.8) is 0 Å². The molecule has 0 aromatic carbocycles. The molecule has 0 aliphatic carbocycles. The normalized spacial score (nSPS) is 8.71. The van der Waals surface area contributed by atoms with Crippen molar-refractivity contribution >= 4 is 11.8 Å². The highest BCUT2D eigenvalue weighted by Crippen LogP contribution is 1.77. The summed E-state index contributed by atoms with van der Waals surface area (Å²) in [5, 5.41) is 3.71. The average molecular weight is 118 g/mol. The Morgan fingerprint density at radius 3 is 2.86 bits per heavy atom. The second-order valence-electron chi connectivity index (χ2n) is 1.04. The van der Waals surface area contributed by atoms with Gasteiger partial charge in [0, 0.05) is 18.0 Å². The van der Waals surface area contributed by atoms with Crippen LogP contribution >= 0.6 is 11.8 Å². The molecule has 3 nitrogen and oxygen atoms in total. The minimum atomic E-state index is 1.39. The van der Waals surface area contributed by atoms with Gasteiger partial charge in [0.05, 0.1) is 6.20 Å². The molecule has 1 N–H and O–H groups in total. The van der Waals surface area contributed by atoms with Crippen molar-refractivity contribution in [3.05, 3.63) is 18.5 Å². The molecule has 0 aliphatic heterocycles. The van der Waals surface area contributed by atoms with Crippen molar-refractivity contribution in [1.82, 2.24) is 9.89 Å². The Balaban J connectivity index is 2.76. The topological polar surface area (TPSA) is 29.9 Å². The summed E-state index contributed by atoms with van der Waals surface area (Å²) in [5.74, 6) is 0. The van der Waals surface area contributed by atoms with Crippen LogP contribution in [0.1, 0.15) is 0 Å². The van der Waals surface area contributed by atoms with Crippen molar-refractivity contribution in [2.75, 3.05) is 4.94 Å². The minimum Gasteiger partial charge on any atom is -0.219 e. The summed E-state index contributed by atoms with van der Waals surface area (Å²) >= 11 is 5.12. The third kappa shape index (κ3) is 0.838. The average Bonchev–Trinajstić information content (AvgIpc) is 2.14. The summed E-state index contributed by atoms with van der Waals surface area (Å²) in [6.07, 6.45) is 3.34. The Morgan fingerprint density at radius 1 is 1.71 bits per heavy atom. The van der Waals surface area contributed by atoms with Crippen molar-refractivity contribution in [1.29, 1.82) is 0 Å². The first-order valence-electron chi connectivity index (χ1n) is 1.80. The maximum absolute atomic E-state index is 5.12. The van der Waals surface area contributed by atoms with Crippen LogP contribution in [-0.4, -0.2) is 9.89 Å². The molecule has 0 saturated heterocycles. The predicted molar refractivity (Wildman–Crippen MR) is 27.4 cm³/mol. The largest absolute Gasteiger partial charge is 0.219 e. The van der Waals surface area contributed by atoms with Gasteiger partial charge in [-0.2, -0.15) is 9.89 Å². The van der Waals surface area contributed by atoms with E-state index >= 15 is 0 Å². The molecule has 0 atom stereocenters. The number of nitrogens with one attached hydrogen (secondary N) is 1. The van der Waals surface area contributed by atoms with Gasteiger partial charge >= 0.3 is 0 Å². The maximum atomic E-state index is 5.12. The molecule has 0 unspecified atom stereocenters. The molecule has 0 saturated carbocycles. The molecule has 0 spiro atoms. The summed E-state index contributed by atoms with van der Waals surface area (Å²) in [6.45, 7) is 0. The van der Waals surface area contributed by atoms with E-state index in [-0.39, 0.29) is 0 Å². The van der Waals surface area contributed by atoms with Crippen LogP contribution in [0.5, 0.6) is 0 Å². The van der Waals surface area contributed by atoms with Gasteiger partial charge in [-0.3, -0.25) is 0 Å². The zero-order valence-electron chi connectivity index (χ0n) is 3.50. The molecular weight excluding hydrogens is 114 g/mol. The molecule has 0 radical (unpaired) electrons. The zero-order valence-corrected chi connectivity index (χ0v) is 4.26. The van der Waals surface area contributed by atoms with Crippen LogP contribution in [0.3, 0.4) is 0 Å². The molecule has 7 heavy (non-hydrogen) atoms. The highest BCUT2D eigenvalue weighted by Gasteiger charge is 1.76. The fourth-order valence-corrected chi connectivity index (χ4v) is 0.419. The van der Waals surface area contributed by atoms with E-state index in [2.05, 4.69) is 10.0 Å². The van der Waals surface area contributed by atoms with Gasteiger partial charge in [0.15, 0.2) is 0 Å². The van der Waals surface area contributed by atoms with E-state index in [1.54, 1.807) is 18.5 Å². The van der Waals surface area contributed by atoms with Gasteiger partial charge in [-0.1, -0.05) is 0 Å². The fourth-order valence-electron chi connectivity index (χ4n) is 0.319. The predicted octanol–water partition coefficient (Wildman–Crippen LogP) is 0.580. The van der Waals surface area contributed by atoms with E-state index in [0.717, 1.165) is 0 Å². The molecule has 1 heterocycles. The molecule has 0 fully saturated rings. The third-order valence-corrected chi connectivity index (χ3v) is 0.764. The van der Waals surface area contributed by atoms with Crippen molar-refractivity contribution < 1.29 is 0 Å². The second kappa shape index (κ2) is 1.84. The quantitative estimate of drug-likeness (QED) is 0.546. The smallest absolute Gasteiger partial charge is 0.0511 e. The van der Waals surface area contributed by atoms with Gasteiger partial charge in [0.25, 0.3) is 0 Å². The van der Waals surface area contributed by atoms with E-state index < -0.39 is 0 Å². The number of halogens is 1. The van der Waals surface area contributed by atoms with E-state index in [1.807, 2.05) is 0 Å². The van der Waals surface area contributed by atoms with Crippen LogP contribution in [-0.2, 0) is 0 Å². The summed E-state index contributed by atoms with van der Waals surface area (Å²) in [6, 6.07) is 1.77. The Morgan fingerprint density at radius 2 is 2.57 bits per heavy atom. The lowest BCUT2D eigenvalue weighted by molar-refractivity contribution is 0.829. The zero-order chi connectivity index (χ0) is 5.11. The first-order valence-corrected chi connectivity index (χ1v) is 2.17. The Hall–Kier alpha value is -0.700. The fraction of sp³-hybridized carbons (Fsp3) is 0. The van der Waals surface area contributed by atoms with Gasteiger partial charge < -0.3 is 0 Å². The van der Waals surface area contributed by atoms with E-state index in [0.29, 0.717) is 0 Å². The van der Waals surface area contributed by atoms with Gasteiger partial charge in [0.2, 0.25) is 0 Å². The Labute approximate surface area is 46.0 Å². The van der Waals surface area contributed by atoms with Crippen LogP contribution in [0.2, 0.25) is 0 Å².